The van der Waals surface area contributed by atoms with Gasteiger partial charge in [-0.15, -0.1) is 0 Å². The molecule has 0 spiro atoms. The van der Waals surface area contributed by atoms with Crippen molar-refractivity contribution in [2.75, 3.05) is 13.1 Å². The minimum absolute atomic E-state index is 0.0662. The molecule has 0 aliphatic carbocycles. The highest BCUT2D eigenvalue weighted by atomic mass is 16.4. The van der Waals surface area contributed by atoms with Crippen molar-refractivity contribution in [2.24, 2.45) is 5.92 Å². The second-order valence-corrected chi connectivity index (χ2v) is 4.23. The molecule has 0 aromatic carbocycles. The maximum absolute atomic E-state index is 11.7. The normalized spacial score (nSPS) is 21.7. The Morgan fingerprint density at radius 1 is 1.56 bits per heavy atom. The third kappa shape index (κ3) is 3.81. The van der Waals surface area contributed by atoms with Crippen LogP contribution >= 0.6 is 0 Å². The smallest absolute Gasteiger partial charge is 0.326 e. The lowest BCUT2D eigenvalue weighted by molar-refractivity contribution is -0.142. The van der Waals surface area contributed by atoms with E-state index in [1.54, 1.807) is 0 Å². The van der Waals surface area contributed by atoms with E-state index in [0.29, 0.717) is 13.0 Å². The van der Waals surface area contributed by atoms with Crippen molar-refractivity contribution in [3.8, 4) is 0 Å². The van der Waals surface area contributed by atoms with Crippen molar-refractivity contribution in [1.82, 2.24) is 10.6 Å². The maximum Gasteiger partial charge on any atom is 0.326 e. The number of hydrogen-bond donors (Lipinski definition) is 3. The van der Waals surface area contributed by atoms with Crippen LogP contribution in [0.4, 0.5) is 0 Å². The number of aliphatic carboxylic acids is 1. The van der Waals surface area contributed by atoms with Gasteiger partial charge in [0.2, 0.25) is 5.91 Å². The molecule has 16 heavy (non-hydrogen) atoms. The predicted octanol–water partition coefficient (Wildman–Crippen LogP) is 0.355. The van der Waals surface area contributed by atoms with Gasteiger partial charge in [0, 0.05) is 6.54 Å². The second kappa shape index (κ2) is 6.48. The lowest BCUT2D eigenvalue weighted by Gasteiger charge is -2.16. The number of nitrogens with one attached hydrogen (secondary N) is 2. The van der Waals surface area contributed by atoms with Crippen LogP contribution in [0.15, 0.2) is 0 Å². The molecule has 1 heterocycles. The van der Waals surface area contributed by atoms with Gasteiger partial charge in [0.25, 0.3) is 0 Å². The van der Waals surface area contributed by atoms with Gasteiger partial charge in [-0.05, 0) is 19.4 Å². The number of hydrogen-bond acceptors (Lipinski definition) is 3. The molecule has 2 atom stereocenters. The van der Waals surface area contributed by atoms with Crippen LogP contribution in [0.3, 0.4) is 0 Å². The Labute approximate surface area is 95.6 Å². The van der Waals surface area contributed by atoms with Crippen molar-refractivity contribution in [2.45, 2.75) is 38.6 Å². The van der Waals surface area contributed by atoms with Crippen LogP contribution in [-0.4, -0.2) is 36.1 Å². The van der Waals surface area contributed by atoms with Gasteiger partial charge in [-0.3, -0.25) is 4.79 Å². The molecule has 1 aliphatic heterocycles. The van der Waals surface area contributed by atoms with Gasteiger partial charge < -0.3 is 15.7 Å². The molecule has 0 bridgehead atoms. The molecule has 92 valence electrons. The molecule has 1 unspecified atom stereocenters. The summed E-state index contributed by atoms with van der Waals surface area (Å²) in [6, 6.07) is -0.729. The summed E-state index contributed by atoms with van der Waals surface area (Å²) in [7, 11) is 0. The lowest BCUT2D eigenvalue weighted by Crippen LogP contribution is -2.44. The van der Waals surface area contributed by atoms with Crippen molar-refractivity contribution < 1.29 is 14.7 Å². The monoisotopic (exact) mass is 228 g/mol. The summed E-state index contributed by atoms with van der Waals surface area (Å²) >= 11 is 0. The van der Waals surface area contributed by atoms with Crippen LogP contribution in [0.5, 0.6) is 0 Å². The summed E-state index contributed by atoms with van der Waals surface area (Å²) in [5.41, 5.74) is 0. The molecule has 1 rings (SSSR count). The first kappa shape index (κ1) is 13.0. The van der Waals surface area contributed by atoms with Gasteiger partial charge in [0.15, 0.2) is 0 Å². The van der Waals surface area contributed by atoms with Gasteiger partial charge in [0.05, 0.1) is 5.92 Å². The summed E-state index contributed by atoms with van der Waals surface area (Å²) in [6.07, 6.45) is 3.06. The zero-order valence-corrected chi connectivity index (χ0v) is 9.66. The van der Waals surface area contributed by atoms with Crippen molar-refractivity contribution in [3.63, 3.8) is 0 Å². The molecule has 1 aliphatic rings. The zero-order valence-electron chi connectivity index (χ0n) is 9.66. The lowest BCUT2D eigenvalue weighted by atomic mass is 10.1. The topological polar surface area (TPSA) is 78.4 Å². The molecule has 0 radical (unpaired) electrons. The van der Waals surface area contributed by atoms with Gasteiger partial charge >= 0.3 is 5.97 Å². The fraction of sp³-hybridized carbons (Fsp3) is 0.818. The Morgan fingerprint density at radius 3 is 2.81 bits per heavy atom. The zero-order chi connectivity index (χ0) is 12.0. The third-order valence-electron chi connectivity index (χ3n) is 2.89. The molecule has 1 fully saturated rings. The molecular weight excluding hydrogens is 208 g/mol. The molecule has 1 amide bonds. The Morgan fingerprint density at radius 2 is 2.31 bits per heavy atom. The van der Waals surface area contributed by atoms with Crippen LogP contribution in [-0.2, 0) is 9.59 Å². The Hall–Kier alpha value is -1.10. The van der Waals surface area contributed by atoms with E-state index in [1.165, 1.54) is 0 Å². The molecule has 3 N–H and O–H groups in total. The largest absolute Gasteiger partial charge is 0.480 e. The van der Waals surface area contributed by atoms with Crippen LogP contribution in [0, 0.1) is 5.92 Å². The summed E-state index contributed by atoms with van der Waals surface area (Å²) in [5, 5.41) is 14.7. The Bertz CT molecular complexity index is 250. The van der Waals surface area contributed by atoms with Gasteiger partial charge in [-0.2, -0.15) is 0 Å². The first-order chi connectivity index (χ1) is 7.65. The molecule has 0 aromatic rings. The summed E-state index contributed by atoms with van der Waals surface area (Å²) in [4.78, 5) is 22.6. The molecule has 1 saturated heterocycles. The van der Waals surface area contributed by atoms with Crippen molar-refractivity contribution in [3.05, 3.63) is 0 Å². The molecule has 0 saturated carbocycles. The number of amides is 1. The van der Waals surface area contributed by atoms with Gasteiger partial charge in [-0.1, -0.05) is 19.8 Å². The van der Waals surface area contributed by atoms with E-state index in [2.05, 4.69) is 10.6 Å². The quantitative estimate of drug-likeness (QED) is 0.613. The van der Waals surface area contributed by atoms with Crippen LogP contribution < -0.4 is 10.6 Å². The second-order valence-electron chi connectivity index (χ2n) is 4.23. The summed E-state index contributed by atoms with van der Waals surface area (Å²) in [5.74, 6) is -1.13. The minimum Gasteiger partial charge on any atom is -0.480 e. The molecular formula is C11H20N2O3. The molecule has 0 aromatic heterocycles. The highest BCUT2D eigenvalue weighted by Gasteiger charge is 2.26. The van der Waals surface area contributed by atoms with Gasteiger partial charge in [-0.25, -0.2) is 4.79 Å². The first-order valence-corrected chi connectivity index (χ1v) is 5.89. The number of carboxylic acids is 1. The standard InChI is InChI=1S/C11H20N2O3/c1-2-3-4-9(11(15)16)13-10(14)8-5-6-12-7-8/h8-9,12H,2-7H2,1H3,(H,13,14)(H,15,16)/t8?,9-/m0/s1. The van der Waals surface area contributed by atoms with E-state index in [4.69, 9.17) is 5.11 Å². The van der Waals surface area contributed by atoms with E-state index in [-0.39, 0.29) is 11.8 Å². The van der Waals surface area contributed by atoms with Crippen LogP contribution in [0.2, 0.25) is 0 Å². The third-order valence-corrected chi connectivity index (χ3v) is 2.89. The predicted molar refractivity (Wildman–Crippen MR) is 60.1 cm³/mol. The number of unbranched alkanes of at least 4 members (excludes halogenated alkanes) is 1. The SMILES string of the molecule is CCCC[C@H](NC(=O)C1CCNC1)C(=O)O. The fourth-order valence-corrected chi connectivity index (χ4v) is 1.83. The summed E-state index contributed by atoms with van der Waals surface area (Å²) < 4.78 is 0. The van der Waals surface area contributed by atoms with E-state index < -0.39 is 12.0 Å². The van der Waals surface area contributed by atoms with E-state index in [0.717, 1.165) is 25.8 Å². The average molecular weight is 228 g/mol. The number of rotatable bonds is 6. The minimum atomic E-state index is -0.937. The molecule has 5 nitrogen and oxygen atoms in total. The Kier molecular flexibility index (Phi) is 5.25. The fourth-order valence-electron chi connectivity index (χ4n) is 1.83. The first-order valence-electron chi connectivity index (χ1n) is 5.89. The van der Waals surface area contributed by atoms with Crippen molar-refractivity contribution in [1.29, 1.82) is 0 Å². The number of carbonyl (C=O) groups is 2. The molecule has 5 heteroatoms. The highest BCUT2D eigenvalue weighted by molar-refractivity contribution is 5.85. The van der Waals surface area contributed by atoms with Gasteiger partial charge in [0.1, 0.15) is 6.04 Å². The van der Waals surface area contributed by atoms with E-state index in [1.807, 2.05) is 6.92 Å². The number of carboxylic acid groups (broad SMARTS) is 1. The van der Waals surface area contributed by atoms with E-state index >= 15 is 0 Å². The van der Waals surface area contributed by atoms with Crippen LogP contribution in [0.1, 0.15) is 32.6 Å². The van der Waals surface area contributed by atoms with E-state index in [9.17, 15) is 9.59 Å². The summed E-state index contributed by atoms with van der Waals surface area (Å²) in [6.45, 7) is 3.50. The maximum atomic E-state index is 11.7. The average Bonchev–Trinajstić information content (AvgIpc) is 2.76. The van der Waals surface area contributed by atoms with Crippen LogP contribution in [0.25, 0.3) is 0 Å². The Balaban J connectivity index is 2.40. The highest BCUT2D eigenvalue weighted by Crippen LogP contribution is 2.09. The number of carbonyl (C=O) groups excluding carboxylic acids is 1. The van der Waals surface area contributed by atoms with Crippen molar-refractivity contribution >= 4 is 11.9 Å².